The molecular formula is C19H24N2O. The standard InChI is InChI=1S/C19H24N2O/c1-16(21-13-11-20-12-14-21)18-7-9-19(10-8-18)22-15-17-5-3-2-4-6-17/h2-10,16,20H,11-15H2,1H3/t16-/m0/s1. The van der Waals surface area contributed by atoms with Crippen LogP contribution in [0.1, 0.15) is 24.1 Å². The Hall–Kier alpha value is -1.84. The summed E-state index contributed by atoms with van der Waals surface area (Å²) in [5.41, 5.74) is 2.55. The molecule has 0 bridgehead atoms. The van der Waals surface area contributed by atoms with Gasteiger partial charge < -0.3 is 10.1 Å². The highest BCUT2D eigenvalue weighted by Gasteiger charge is 2.17. The summed E-state index contributed by atoms with van der Waals surface area (Å²) >= 11 is 0. The van der Waals surface area contributed by atoms with E-state index >= 15 is 0 Å². The van der Waals surface area contributed by atoms with Crippen molar-refractivity contribution >= 4 is 0 Å². The molecule has 0 amide bonds. The first-order chi connectivity index (χ1) is 10.8. The average Bonchev–Trinajstić information content (AvgIpc) is 2.61. The van der Waals surface area contributed by atoms with Gasteiger partial charge in [-0.1, -0.05) is 42.5 Å². The molecule has 0 aromatic heterocycles. The van der Waals surface area contributed by atoms with Gasteiger partial charge in [-0.05, 0) is 30.2 Å². The van der Waals surface area contributed by atoms with Gasteiger partial charge in [-0.3, -0.25) is 4.90 Å². The third-order valence-corrected chi connectivity index (χ3v) is 4.31. The highest BCUT2D eigenvalue weighted by Crippen LogP contribution is 2.23. The van der Waals surface area contributed by atoms with Crippen LogP contribution in [0.5, 0.6) is 5.75 Å². The predicted octanol–water partition coefficient (Wildman–Crippen LogP) is 3.23. The zero-order chi connectivity index (χ0) is 15.2. The second-order valence-corrected chi connectivity index (χ2v) is 5.81. The highest BCUT2D eigenvalue weighted by molar-refractivity contribution is 5.29. The molecular weight excluding hydrogens is 272 g/mol. The Morgan fingerprint density at radius 1 is 1.00 bits per heavy atom. The Labute approximate surface area is 132 Å². The number of benzene rings is 2. The Bertz CT molecular complexity index is 562. The van der Waals surface area contributed by atoms with E-state index < -0.39 is 0 Å². The Morgan fingerprint density at radius 3 is 2.36 bits per heavy atom. The fraction of sp³-hybridized carbons (Fsp3) is 0.368. The van der Waals surface area contributed by atoms with Gasteiger partial charge in [0.1, 0.15) is 12.4 Å². The maximum Gasteiger partial charge on any atom is 0.119 e. The van der Waals surface area contributed by atoms with E-state index in [-0.39, 0.29) is 0 Å². The number of ether oxygens (including phenoxy) is 1. The van der Waals surface area contributed by atoms with Crippen molar-refractivity contribution in [3.05, 3.63) is 65.7 Å². The van der Waals surface area contributed by atoms with E-state index in [0.717, 1.165) is 31.9 Å². The van der Waals surface area contributed by atoms with Crippen LogP contribution in [0.4, 0.5) is 0 Å². The molecule has 1 atom stereocenters. The fourth-order valence-corrected chi connectivity index (χ4v) is 2.86. The van der Waals surface area contributed by atoms with Crippen molar-refractivity contribution in [1.82, 2.24) is 10.2 Å². The topological polar surface area (TPSA) is 24.5 Å². The van der Waals surface area contributed by atoms with Crippen molar-refractivity contribution in [2.24, 2.45) is 0 Å². The van der Waals surface area contributed by atoms with Crippen LogP contribution >= 0.6 is 0 Å². The van der Waals surface area contributed by atoms with Crippen molar-refractivity contribution < 1.29 is 4.74 Å². The Kier molecular flexibility index (Phi) is 5.09. The fourth-order valence-electron chi connectivity index (χ4n) is 2.86. The summed E-state index contributed by atoms with van der Waals surface area (Å²) in [5, 5.41) is 3.40. The molecule has 1 aliphatic heterocycles. The van der Waals surface area contributed by atoms with Gasteiger partial charge in [0, 0.05) is 32.2 Å². The summed E-state index contributed by atoms with van der Waals surface area (Å²) in [6.45, 7) is 7.31. The van der Waals surface area contributed by atoms with Crippen molar-refractivity contribution in [1.29, 1.82) is 0 Å². The number of hydrogen-bond donors (Lipinski definition) is 1. The first-order valence-corrected chi connectivity index (χ1v) is 8.04. The molecule has 2 aromatic rings. The molecule has 3 nitrogen and oxygen atoms in total. The maximum absolute atomic E-state index is 5.85. The minimum absolute atomic E-state index is 0.463. The predicted molar refractivity (Wildman–Crippen MR) is 90.1 cm³/mol. The SMILES string of the molecule is C[C@@H](c1ccc(OCc2ccccc2)cc1)N1CCNCC1. The molecule has 0 unspecified atom stereocenters. The number of nitrogens with one attached hydrogen (secondary N) is 1. The van der Waals surface area contributed by atoms with Crippen molar-refractivity contribution in [3.8, 4) is 5.75 Å². The molecule has 0 aliphatic carbocycles. The normalized spacial score (nSPS) is 17.1. The second kappa shape index (κ2) is 7.43. The van der Waals surface area contributed by atoms with E-state index in [1.165, 1.54) is 11.1 Å². The van der Waals surface area contributed by atoms with Gasteiger partial charge in [-0.25, -0.2) is 0 Å². The summed E-state index contributed by atoms with van der Waals surface area (Å²) in [7, 11) is 0. The number of hydrogen-bond acceptors (Lipinski definition) is 3. The van der Waals surface area contributed by atoms with Crippen LogP contribution in [-0.2, 0) is 6.61 Å². The van der Waals surface area contributed by atoms with Crippen LogP contribution in [0, 0.1) is 0 Å². The van der Waals surface area contributed by atoms with Crippen LogP contribution in [0.2, 0.25) is 0 Å². The zero-order valence-electron chi connectivity index (χ0n) is 13.2. The van der Waals surface area contributed by atoms with E-state index in [4.69, 9.17) is 4.74 Å². The number of nitrogens with zero attached hydrogens (tertiary/aromatic N) is 1. The summed E-state index contributed by atoms with van der Waals surface area (Å²) in [6, 6.07) is 19.3. The maximum atomic E-state index is 5.85. The van der Waals surface area contributed by atoms with Gasteiger partial charge in [-0.2, -0.15) is 0 Å². The molecule has 1 heterocycles. The molecule has 1 fully saturated rings. The smallest absolute Gasteiger partial charge is 0.119 e. The minimum Gasteiger partial charge on any atom is -0.489 e. The number of rotatable bonds is 5. The lowest BCUT2D eigenvalue weighted by molar-refractivity contribution is 0.185. The van der Waals surface area contributed by atoms with Crippen molar-refractivity contribution in [2.45, 2.75) is 19.6 Å². The molecule has 0 saturated carbocycles. The molecule has 1 saturated heterocycles. The summed E-state index contributed by atoms with van der Waals surface area (Å²) in [6.07, 6.45) is 0. The monoisotopic (exact) mass is 296 g/mol. The first-order valence-electron chi connectivity index (χ1n) is 8.04. The van der Waals surface area contributed by atoms with E-state index in [0.29, 0.717) is 12.6 Å². The van der Waals surface area contributed by atoms with Crippen LogP contribution in [-0.4, -0.2) is 31.1 Å². The van der Waals surface area contributed by atoms with Crippen LogP contribution in [0.3, 0.4) is 0 Å². The van der Waals surface area contributed by atoms with Crippen molar-refractivity contribution in [3.63, 3.8) is 0 Å². The van der Waals surface area contributed by atoms with Gasteiger partial charge in [0.05, 0.1) is 0 Å². The Balaban J connectivity index is 1.57. The van der Waals surface area contributed by atoms with Crippen LogP contribution in [0.25, 0.3) is 0 Å². The molecule has 116 valence electrons. The first kappa shape index (κ1) is 15.1. The Morgan fingerprint density at radius 2 is 1.68 bits per heavy atom. The van der Waals surface area contributed by atoms with Crippen LogP contribution in [0.15, 0.2) is 54.6 Å². The quantitative estimate of drug-likeness (QED) is 0.917. The molecule has 0 radical (unpaired) electrons. The molecule has 1 N–H and O–H groups in total. The highest BCUT2D eigenvalue weighted by atomic mass is 16.5. The van der Waals surface area contributed by atoms with Gasteiger partial charge >= 0.3 is 0 Å². The van der Waals surface area contributed by atoms with Gasteiger partial charge in [-0.15, -0.1) is 0 Å². The second-order valence-electron chi connectivity index (χ2n) is 5.81. The van der Waals surface area contributed by atoms with E-state index in [2.05, 4.69) is 53.5 Å². The molecule has 22 heavy (non-hydrogen) atoms. The lowest BCUT2D eigenvalue weighted by Gasteiger charge is -2.33. The minimum atomic E-state index is 0.463. The van der Waals surface area contributed by atoms with Gasteiger partial charge in [0.15, 0.2) is 0 Å². The molecule has 3 rings (SSSR count). The molecule has 1 aliphatic rings. The summed E-state index contributed by atoms with van der Waals surface area (Å²) in [5.74, 6) is 0.931. The van der Waals surface area contributed by atoms with E-state index in [9.17, 15) is 0 Å². The number of piperazine rings is 1. The average molecular weight is 296 g/mol. The lowest BCUT2D eigenvalue weighted by Crippen LogP contribution is -2.44. The van der Waals surface area contributed by atoms with E-state index in [1.54, 1.807) is 0 Å². The third-order valence-electron chi connectivity index (χ3n) is 4.31. The van der Waals surface area contributed by atoms with Crippen LogP contribution < -0.4 is 10.1 Å². The lowest BCUT2D eigenvalue weighted by atomic mass is 10.1. The third kappa shape index (κ3) is 3.87. The molecule has 0 spiro atoms. The summed E-state index contributed by atoms with van der Waals surface area (Å²) < 4.78 is 5.85. The largest absolute Gasteiger partial charge is 0.489 e. The summed E-state index contributed by atoms with van der Waals surface area (Å²) in [4.78, 5) is 2.52. The van der Waals surface area contributed by atoms with E-state index in [1.807, 2.05) is 18.2 Å². The zero-order valence-corrected chi connectivity index (χ0v) is 13.2. The molecule has 2 aromatic carbocycles. The van der Waals surface area contributed by atoms with Gasteiger partial charge in [0.2, 0.25) is 0 Å². The van der Waals surface area contributed by atoms with Crippen molar-refractivity contribution in [2.75, 3.05) is 26.2 Å². The van der Waals surface area contributed by atoms with Gasteiger partial charge in [0.25, 0.3) is 0 Å². The molecule has 3 heteroatoms.